The molecule has 2 aliphatic carbocycles. The van der Waals surface area contributed by atoms with Crippen LogP contribution in [0.15, 0.2) is 53.0 Å². The molecule has 132 valence electrons. The zero-order valence-corrected chi connectivity index (χ0v) is 15.5. The summed E-state index contributed by atoms with van der Waals surface area (Å²) in [5.74, 6) is 0.887. The van der Waals surface area contributed by atoms with E-state index in [4.69, 9.17) is 0 Å². The number of aliphatic imine (C=N–C) groups is 1. The van der Waals surface area contributed by atoms with E-state index in [1.165, 1.54) is 37.7 Å². The molecule has 0 N–H and O–H groups in total. The maximum absolute atomic E-state index is 14.6. The summed E-state index contributed by atoms with van der Waals surface area (Å²) in [7, 11) is 0. The topological polar surface area (TPSA) is 12.4 Å². The fourth-order valence-electron chi connectivity index (χ4n) is 4.23. The van der Waals surface area contributed by atoms with Gasteiger partial charge in [-0.25, -0.2) is 4.39 Å². The summed E-state index contributed by atoms with van der Waals surface area (Å²) in [6, 6.07) is 0. The van der Waals surface area contributed by atoms with E-state index in [9.17, 15) is 4.39 Å². The lowest BCUT2D eigenvalue weighted by molar-refractivity contribution is 0.282. The Bertz CT molecular complexity index is 546. The molecule has 2 aliphatic rings. The smallest absolute Gasteiger partial charge is 0.104 e. The van der Waals surface area contributed by atoms with Crippen LogP contribution in [-0.4, -0.2) is 6.21 Å². The van der Waals surface area contributed by atoms with E-state index in [2.05, 4.69) is 31.5 Å². The molecule has 0 spiro atoms. The normalized spacial score (nSPS) is 27.3. The first-order valence-electron chi connectivity index (χ1n) is 9.40. The van der Waals surface area contributed by atoms with Crippen LogP contribution in [0, 0.1) is 23.7 Å². The molecular formula is C22H32FN. The highest BCUT2D eigenvalue weighted by Crippen LogP contribution is 2.41. The van der Waals surface area contributed by atoms with Gasteiger partial charge >= 0.3 is 0 Å². The van der Waals surface area contributed by atoms with Crippen molar-refractivity contribution in [2.75, 3.05) is 0 Å². The third-order valence-electron chi connectivity index (χ3n) is 5.61. The first-order valence-corrected chi connectivity index (χ1v) is 9.40. The van der Waals surface area contributed by atoms with Crippen molar-refractivity contribution < 1.29 is 4.39 Å². The fourth-order valence-corrected chi connectivity index (χ4v) is 4.23. The monoisotopic (exact) mass is 329 g/mol. The standard InChI is InChI=1S/C22H32FN/c1-5-24-15-18(4)20-12-9-13-21(23)22(20)17(3)14-16(2)19-10-7-6-8-11-19/h5,9,12-13,15,17,19-20,22H,2,6-8,10-11,14H2,1,3-4H3/b18-15+,24-5-. The van der Waals surface area contributed by atoms with Crippen molar-refractivity contribution in [2.24, 2.45) is 28.7 Å². The van der Waals surface area contributed by atoms with E-state index < -0.39 is 0 Å². The van der Waals surface area contributed by atoms with Crippen molar-refractivity contribution in [1.29, 1.82) is 0 Å². The Kier molecular flexibility index (Phi) is 7.20. The molecule has 1 fully saturated rings. The quantitative estimate of drug-likeness (QED) is 0.375. The van der Waals surface area contributed by atoms with E-state index in [-0.39, 0.29) is 23.6 Å². The SMILES string of the molecule is C=C(CC(C)C1C(F)=CC=CC1/C(C)=C/N=C\C)C1CCCCC1. The maximum atomic E-state index is 14.6. The van der Waals surface area contributed by atoms with Crippen molar-refractivity contribution in [3.8, 4) is 0 Å². The third-order valence-corrected chi connectivity index (χ3v) is 5.61. The van der Waals surface area contributed by atoms with Crippen LogP contribution >= 0.6 is 0 Å². The molecular weight excluding hydrogens is 297 g/mol. The lowest BCUT2D eigenvalue weighted by Gasteiger charge is -2.33. The summed E-state index contributed by atoms with van der Waals surface area (Å²) >= 11 is 0. The number of rotatable bonds is 6. The second kappa shape index (κ2) is 9.15. The molecule has 0 amide bonds. The van der Waals surface area contributed by atoms with E-state index in [0.717, 1.165) is 12.0 Å². The van der Waals surface area contributed by atoms with Gasteiger partial charge in [0.05, 0.1) is 0 Å². The Labute approximate surface area is 147 Å². The van der Waals surface area contributed by atoms with Crippen LogP contribution in [0.2, 0.25) is 0 Å². The van der Waals surface area contributed by atoms with Gasteiger partial charge in [0, 0.05) is 24.3 Å². The highest BCUT2D eigenvalue weighted by Gasteiger charge is 2.32. The van der Waals surface area contributed by atoms with Crippen molar-refractivity contribution >= 4 is 6.21 Å². The summed E-state index contributed by atoms with van der Waals surface area (Å²) in [6.45, 7) is 10.5. The molecule has 0 heterocycles. The Hall–Kier alpha value is -1.44. The van der Waals surface area contributed by atoms with Crippen molar-refractivity contribution in [3.05, 3.63) is 48.0 Å². The molecule has 2 rings (SSSR count). The Morgan fingerprint density at radius 3 is 2.75 bits per heavy atom. The molecule has 0 aromatic rings. The van der Waals surface area contributed by atoms with Crippen LogP contribution in [-0.2, 0) is 0 Å². The minimum atomic E-state index is -0.0985. The highest BCUT2D eigenvalue weighted by atomic mass is 19.1. The third kappa shape index (κ3) is 4.78. The highest BCUT2D eigenvalue weighted by molar-refractivity contribution is 5.54. The Morgan fingerprint density at radius 2 is 2.08 bits per heavy atom. The van der Waals surface area contributed by atoms with Gasteiger partial charge in [0.25, 0.3) is 0 Å². The molecule has 0 aromatic carbocycles. The second-order valence-electron chi connectivity index (χ2n) is 7.44. The average molecular weight is 330 g/mol. The van der Waals surface area contributed by atoms with Gasteiger partial charge in [-0.3, -0.25) is 4.99 Å². The van der Waals surface area contributed by atoms with E-state index >= 15 is 0 Å². The number of allylic oxidation sites excluding steroid dienone is 6. The largest absolute Gasteiger partial charge is 0.269 e. The molecule has 0 saturated heterocycles. The Balaban J connectivity index is 2.08. The van der Waals surface area contributed by atoms with Crippen LogP contribution in [0.4, 0.5) is 4.39 Å². The van der Waals surface area contributed by atoms with Gasteiger partial charge in [-0.05, 0) is 56.6 Å². The Morgan fingerprint density at radius 1 is 1.38 bits per heavy atom. The summed E-state index contributed by atoms with van der Waals surface area (Å²) in [5.41, 5.74) is 2.45. The lowest BCUT2D eigenvalue weighted by Crippen LogP contribution is -2.25. The summed E-state index contributed by atoms with van der Waals surface area (Å²) in [5, 5.41) is 0. The van der Waals surface area contributed by atoms with Gasteiger partial charge in [0.2, 0.25) is 0 Å². The van der Waals surface area contributed by atoms with Crippen molar-refractivity contribution in [3.63, 3.8) is 0 Å². The van der Waals surface area contributed by atoms with Gasteiger partial charge in [0.15, 0.2) is 0 Å². The first-order chi connectivity index (χ1) is 11.5. The second-order valence-corrected chi connectivity index (χ2v) is 7.44. The van der Waals surface area contributed by atoms with Crippen LogP contribution in [0.25, 0.3) is 0 Å². The van der Waals surface area contributed by atoms with E-state index in [1.54, 1.807) is 12.3 Å². The summed E-state index contributed by atoms with van der Waals surface area (Å²) in [6.07, 6.45) is 16.7. The lowest BCUT2D eigenvalue weighted by atomic mass is 9.72. The van der Waals surface area contributed by atoms with Gasteiger partial charge < -0.3 is 0 Å². The molecule has 3 unspecified atom stereocenters. The molecule has 0 radical (unpaired) electrons. The van der Waals surface area contributed by atoms with Crippen molar-refractivity contribution in [2.45, 2.75) is 59.3 Å². The van der Waals surface area contributed by atoms with Gasteiger partial charge in [0.1, 0.15) is 5.83 Å². The van der Waals surface area contributed by atoms with Crippen LogP contribution in [0.5, 0.6) is 0 Å². The molecule has 0 aromatic heterocycles. The molecule has 1 nitrogen and oxygen atoms in total. The number of nitrogens with zero attached hydrogens (tertiary/aromatic N) is 1. The molecule has 3 atom stereocenters. The molecule has 2 heteroatoms. The fraction of sp³-hybridized carbons (Fsp3) is 0.591. The number of halogens is 1. The van der Waals surface area contributed by atoms with Gasteiger partial charge in [-0.1, -0.05) is 50.5 Å². The summed E-state index contributed by atoms with van der Waals surface area (Å²) < 4.78 is 14.6. The first kappa shape index (κ1) is 18.9. The molecule has 1 saturated carbocycles. The van der Waals surface area contributed by atoms with E-state index in [1.807, 2.05) is 19.2 Å². The zero-order chi connectivity index (χ0) is 17.5. The molecule has 0 bridgehead atoms. The van der Waals surface area contributed by atoms with Gasteiger partial charge in [-0.15, -0.1) is 0 Å². The van der Waals surface area contributed by atoms with Crippen LogP contribution < -0.4 is 0 Å². The van der Waals surface area contributed by atoms with E-state index in [0.29, 0.717) is 5.92 Å². The number of hydrogen-bond acceptors (Lipinski definition) is 1. The number of hydrogen-bond donors (Lipinski definition) is 0. The van der Waals surface area contributed by atoms with Gasteiger partial charge in [-0.2, -0.15) is 0 Å². The van der Waals surface area contributed by atoms with Crippen LogP contribution in [0.1, 0.15) is 59.3 Å². The molecule has 0 aliphatic heterocycles. The minimum absolute atomic E-state index is 0.000303. The van der Waals surface area contributed by atoms with Crippen molar-refractivity contribution in [1.82, 2.24) is 0 Å². The zero-order valence-electron chi connectivity index (χ0n) is 15.5. The predicted octanol–water partition coefficient (Wildman–Crippen LogP) is 6.80. The molecule has 24 heavy (non-hydrogen) atoms. The average Bonchev–Trinajstić information content (AvgIpc) is 2.59. The summed E-state index contributed by atoms with van der Waals surface area (Å²) in [4.78, 5) is 4.22. The maximum Gasteiger partial charge on any atom is 0.104 e. The minimum Gasteiger partial charge on any atom is -0.269 e. The van der Waals surface area contributed by atoms with Crippen LogP contribution in [0.3, 0.4) is 0 Å². The predicted molar refractivity (Wildman–Crippen MR) is 103 cm³/mol.